The molecule has 2 aromatic carbocycles. The summed E-state index contributed by atoms with van der Waals surface area (Å²) in [5.74, 6) is -7.42. The zero-order valence-corrected chi connectivity index (χ0v) is 23.4. The topological polar surface area (TPSA) is 96.6 Å². The van der Waals surface area contributed by atoms with Crippen LogP contribution < -0.4 is 10.1 Å². The monoisotopic (exact) mass is 596 g/mol. The summed E-state index contributed by atoms with van der Waals surface area (Å²) in [6, 6.07) is 15.2. The Morgan fingerprint density at radius 1 is 1.19 bits per heavy atom. The average molecular weight is 597 g/mol. The van der Waals surface area contributed by atoms with Crippen molar-refractivity contribution in [1.29, 1.82) is 5.26 Å². The van der Waals surface area contributed by atoms with Gasteiger partial charge >= 0.3 is 5.97 Å². The lowest BCUT2D eigenvalue weighted by Crippen LogP contribution is -2.52. The molecule has 7 nitrogen and oxygen atoms in total. The summed E-state index contributed by atoms with van der Waals surface area (Å²) in [5, 5.41) is 11.9. The number of methoxy groups -OCH3 is 2. The largest absolute Gasteiger partial charge is 0.497 e. The fourth-order valence-electron chi connectivity index (χ4n) is 5.24. The SMILES string of the molecule is COC(=O)[C@@]12SC(=NCc3ccc(OC)cc3)N[C@](C)(c3cc(/C=C(\F)c4ccc(C#N)cn4)ccc3F)[C@@H]1C2(F)F. The van der Waals surface area contributed by atoms with Gasteiger partial charge in [0.1, 0.15) is 23.5 Å². The summed E-state index contributed by atoms with van der Waals surface area (Å²) < 4.78 is 69.4. The number of fused-ring (bicyclic) bond motifs is 1. The van der Waals surface area contributed by atoms with Crippen molar-refractivity contribution in [2.24, 2.45) is 10.9 Å². The minimum absolute atomic E-state index is 0.000418. The fourth-order valence-corrected chi connectivity index (χ4v) is 6.80. The molecule has 1 aliphatic carbocycles. The number of nitrogens with zero attached hydrogens (tertiary/aromatic N) is 3. The fraction of sp³-hybridized carbons (Fsp3) is 0.267. The van der Waals surface area contributed by atoms with Crippen LogP contribution in [0.1, 0.15) is 34.9 Å². The number of rotatable bonds is 7. The number of aromatic nitrogens is 1. The second kappa shape index (κ2) is 10.8. The second-order valence-corrected chi connectivity index (χ2v) is 11.2. The van der Waals surface area contributed by atoms with Crippen molar-refractivity contribution in [3.63, 3.8) is 0 Å². The first-order chi connectivity index (χ1) is 20.0. The lowest BCUT2D eigenvalue weighted by Gasteiger charge is -2.38. The van der Waals surface area contributed by atoms with Crippen LogP contribution in [-0.4, -0.2) is 41.0 Å². The maximum atomic E-state index is 15.7. The molecule has 2 fully saturated rings. The van der Waals surface area contributed by atoms with E-state index in [0.717, 1.165) is 24.8 Å². The Bertz CT molecular complexity index is 1640. The summed E-state index contributed by atoms with van der Waals surface area (Å²) in [4.78, 5) is 21.2. The number of carbonyl (C=O) groups excluding carboxylic acids is 1. The Labute approximate surface area is 243 Å². The number of nitriles is 1. The number of aliphatic imine (C=N–C) groups is 1. The molecule has 3 atom stereocenters. The lowest BCUT2D eigenvalue weighted by molar-refractivity contribution is -0.143. The van der Waals surface area contributed by atoms with Crippen LogP contribution in [-0.2, 0) is 21.6 Å². The predicted molar refractivity (Wildman–Crippen MR) is 150 cm³/mol. The van der Waals surface area contributed by atoms with Crippen molar-refractivity contribution in [1.82, 2.24) is 10.3 Å². The average Bonchev–Trinajstić information content (AvgIpc) is 3.53. The minimum atomic E-state index is -3.58. The third-order valence-corrected chi connectivity index (χ3v) is 8.84. The number of carbonyl (C=O) groups is 1. The van der Waals surface area contributed by atoms with Gasteiger partial charge < -0.3 is 14.8 Å². The Hall–Kier alpha value is -4.37. The number of esters is 1. The van der Waals surface area contributed by atoms with Gasteiger partial charge in [0.25, 0.3) is 5.92 Å². The maximum Gasteiger partial charge on any atom is 0.329 e. The summed E-state index contributed by atoms with van der Waals surface area (Å²) in [6.07, 6.45) is 2.29. The number of amidine groups is 1. The minimum Gasteiger partial charge on any atom is -0.497 e. The van der Waals surface area contributed by atoms with Gasteiger partial charge in [-0.05, 0) is 60.5 Å². The number of ether oxygens (including phenoxy) is 2. The van der Waals surface area contributed by atoms with Crippen molar-refractivity contribution in [3.8, 4) is 11.8 Å². The van der Waals surface area contributed by atoms with Crippen LogP contribution in [0.4, 0.5) is 17.6 Å². The molecule has 1 N–H and O–H groups in total. The van der Waals surface area contributed by atoms with E-state index in [0.29, 0.717) is 17.5 Å². The molecule has 0 amide bonds. The van der Waals surface area contributed by atoms with Crippen LogP contribution in [0, 0.1) is 23.1 Å². The highest BCUT2D eigenvalue weighted by molar-refractivity contribution is 8.16. The number of halogens is 4. The number of benzene rings is 2. The molecule has 216 valence electrons. The molecule has 1 saturated carbocycles. The Morgan fingerprint density at radius 3 is 2.55 bits per heavy atom. The first kappa shape index (κ1) is 29.1. The van der Waals surface area contributed by atoms with E-state index in [-0.39, 0.29) is 34.1 Å². The molecule has 0 bridgehead atoms. The van der Waals surface area contributed by atoms with Crippen molar-refractivity contribution in [2.45, 2.75) is 29.7 Å². The summed E-state index contributed by atoms with van der Waals surface area (Å²) in [5.41, 5.74) is -0.947. The number of alkyl halides is 2. The number of nitrogens with one attached hydrogen (secondary N) is 1. The molecule has 1 saturated heterocycles. The molecule has 3 aromatic rings. The molecule has 12 heteroatoms. The highest BCUT2D eigenvalue weighted by Crippen LogP contribution is 2.74. The number of pyridine rings is 1. The molecule has 1 aliphatic heterocycles. The van der Waals surface area contributed by atoms with Gasteiger partial charge in [-0.15, -0.1) is 0 Å². The van der Waals surface area contributed by atoms with E-state index < -0.39 is 39.7 Å². The van der Waals surface area contributed by atoms with E-state index in [2.05, 4.69) is 15.3 Å². The number of thioether (sulfide) groups is 1. The van der Waals surface area contributed by atoms with Gasteiger partial charge in [0, 0.05) is 11.8 Å². The molecule has 2 aliphatic rings. The Balaban J connectivity index is 1.55. The Morgan fingerprint density at radius 2 is 1.93 bits per heavy atom. The summed E-state index contributed by atoms with van der Waals surface area (Å²) in [7, 11) is 2.54. The predicted octanol–water partition coefficient (Wildman–Crippen LogP) is 5.85. The van der Waals surface area contributed by atoms with Crippen LogP contribution in [0.25, 0.3) is 11.9 Å². The van der Waals surface area contributed by atoms with E-state index >= 15 is 17.6 Å². The summed E-state index contributed by atoms with van der Waals surface area (Å²) in [6.45, 7) is 1.44. The first-order valence-electron chi connectivity index (χ1n) is 12.6. The third-order valence-electron chi connectivity index (χ3n) is 7.42. The van der Waals surface area contributed by atoms with Gasteiger partial charge in [-0.25, -0.2) is 17.6 Å². The summed E-state index contributed by atoms with van der Waals surface area (Å²) >= 11 is 0.556. The quantitative estimate of drug-likeness (QED) is 0.270. The third kappa shape index (κ3) is 4.77. The maximum absolute atomic E-state index is 15.7. The molecular formula is C30H24F4N4O3S. The zero-order chi connectivity index (χ0) is 30.3. The van der Waals surface area contributed by atoms with Gasteiger partial charge in [-0.3, -0.25) is 14.8 Å². The highest BCUT2D eigenvalue weighted by atomic mass is 32.2. The van der Waals surface area contributed by atoms with Gasteiger partial charge in [0.2, 0.25) is 0 Å². The number of hydrogen-bond acceptors (Lipinski definition) is 7. The second-order valence-electron chi connectivity index (χ2n) is 9.96. The Kier molecular flexibility index (Phi) is 7.49. The first-order valence-corrected chi connectivity index (χ1v) is 13.5. The van der Waals surface area contributed by atoms with Crippen LogP contribution >= 0.6 is 11.8 Å². The van der Waals surface area contributed by atoms with E-state index in [1.165, 1.54) is 44.5 Å². The van der Waals surface area contributed by atoms with Crippen molar-refractivity contribution in [2.75, 3.05) is 14.2 Å². The van der Waals surface area contributed by atoms with Gasteiger partial charge in [0.05, 0.1) is 43.5 Å². The van der Waals surface area contributed by atoms with Crippen molar-refractivity contribution >= 4 is 34.8 Å². The van der Waals surface area contributed by atoms with E-state index in [1.54, 1.807) is 24.3 Å². The van der Waals surface area contributed by atoms with E-state index in [1.807, 2.05) is 6.07 Å². The molecule has 1 aromatic heterocycles. The molecule has 42 heavy (non-hydrogen) atoms. The molecule has 2 heterocycles. The van der Waals surface area contributed by atoms with Crippen LogP contribution in [0.15, 0.2) is 65.8 Å². The van der Waals surface area contributed by atoms with Gasteiger partial charge in [0.15, 0.2) is 9.91 Å². The normalized spacial score (nSPS) is 25.1. The van der Waals surface area contributed by atoms with Gasteiger partial charge in [-0.1, -0.05) is 30.0 Å². The molecular weight excluding hydrogens is 572 g/mol. The smallest absolute Gasteiger partial charge is 0.329 e. The number of hydrogen-bond donors (Lipinski definition) is 1. The highest BCUT2D eigenvalue weighted by Gasteiger charge is 2.92. The standard InChI is InChI=1S/C30H24F4N4O3S/c1-28(21-12-18(6-10-22(21)31)13-23(32)24-11-7-19(14-35)16-36-24)25-29(26(39)41-3,30(25,33)34)42-27(38-28)37-15-17-4-8-20(40-2)9-5-17/h4-13,16,25H,15H2,1-3H3,(H,37,38)/b23-13-/t25-,28+,29-/m0/s1. The van der Waals surface area contributed by atoms with E-state index in [4.69, 9.17) is 14.7 Å². The molecule has 5 rings (SSSR count). The van der Waals surface area contributed by atoms with E-state index in [9.17, 15) is 4.79 Å². The molecule has 0 unspecified atom stereocenters. The van der Waals surface area contributed by atoms with Crippen LogP contribution in [0.5, 0.6) is 5.75 Å². The van der Waals surface area contributed by atoms with Crippen LogP contribution in [0.2, 0.25) is 0 Å². The van der Waals surface area contributed by atoms with Crippen molar-refractivity contribution < 1.29 is 31.8 Å². The van der Waals surface area contributed by atoms with Gasteiger partial charge in [-0.2, -0.15) is 5.26 Å². The zero-order valence-electron chi connectivity index (χ0n) is 22.6. The molecule has 0 spiro atoms. The lowest BCUT2D eigenvalue weighted by atomic mass is 9.84. The van der Waals surface area contributed by atoms with Crippen molar-refractivity contribution in [3.05, 3.63) is 94.6 Å². The molecule has 0 radical (unpaired) electrons. The van der Waals surface area contributed by atoms with Crippen LogP contribution in [0.3, 0.4) is 0 Å².